The van der Waals surface area contributed by atoms with Gasteiger partial charge in [0.2, 0.25) is 5.91 Å². The van der Waals surface area contributed by atoms with Gasteiger partial charge < -0.3 is 14.5 Å². The predicted octanol–water partition coefficient (Wildman–Crippen LogP) is 2.94. The number of carbonyl (C=O) groups excluding carboxylic acids is 2. The molecule has 0 spiro atoms. The zero-order chi connectivity index (χ0) is 18.0. The lowest BCUT2D eigenvalue weighted by atomic mass is 9.95. The van der Waals surface area contributed by atoms with Gasteiger partial charge in [0, 0.05) is 36.8 Å². The van der Waals surface area contributed by atoms with Crippen LogP contribution in [0.3, 0.4) is 0 Å². The molecule has 5 nitrogen and oxygen atoms in total. The summed E-state index contributed by atoms with van der Waals surface area (Å²) in [6, 6.07) is 6.97. The number of amides is 2. The minimum Gasteiger partial charge on any atom is -0.379 e. The topological polar surface area (TPSA) is 49.9 Å². The van der Waals surface area contributed by atoms with Crippen LogP contribution >= 0.6 is 15.9 Å². The summed E-state index contributed by atoms with van der Waals surface area (Å²) in [6.07, 6.45) is 2.63. The fourth-order valence-electron chi connectivity index (χ4n) is 3.78. The van der Waals surface area contributed by atoms with Gasteiger partial charge in [0.25, 0.3) is 5.91 Å². The molecule has 6 heteroatoms. The highest BCUT2D eigenvalue weighted by Gasteiger charge is 2.39. The monoisotopic (exact) mass is 408 g/mol. The molecular weight excluding hydrogens is 384 g/mol. The van der Waals surface area contributed by atoms with Gasteiger partial charge in [0.15, 0.2) is 0 Å². The zero-order valence-electron chi connectivity index (χ0n) is 14.8. The number of carbonyl (C=O) groups is 2. The maximum absolute atomic E-state index is 13.0. The molecule has 0 N–H and O–H groups in total. The number of hydrogen-bond acceptors (Lipinski definition) is 3. The van der Waals surface area contributed by atoms with Crippen LogP contribution in [0.4, 0.5) is 0 Å². The largest absolute Gasteiger partial charge is 0.379 e. The molecule has 0 bridgehead atoms. The molecule has 2 aliphatic rings. The van der Waals surface area contributed by atoms with Gasteiger partial charge in [-0.3, -0.25) is 9.59 Å². The first-order valence-corrected chi connectivity index (χ1v) is 9.68. The number of rotatable bonds is 3. The molecule has 136 valence electrons. The standard InChI is InChI=1S/C19H25BrN2O3/c1-13-9-11-21(12-17(13)25-2)19(24)16-4-3-10-22(16)18(23)14-5-7-15(20)8-6-14/h5-8,13,16-17H,3-4,9-12H2,1-2H3/t13-,16+,17+/m0/s1. The van der Waals surface area contributed by atoms with E-state index in [1.54, 1.807) is 24.1 Å². The van der Waals surface area contributed by atoms with E-state index in [1.807, 2.05) is 17.0 Å². The molecule has 3 atom stereocenters. The Labute approximate surface area is 157 Å². The van der Waals surface area contributed by atoms with Crippen LogP contribution in [0.15, 0.2) is 28.7 Å². The first-order chi connectivity index (χ1) is 12.0. The van der Waals surface area contributed by atoms with Crippen molar-refractivity contribution >= 4 is 27.7 Å². The maximum Gasteiger partial charge on any atom is 0.254 e. The first-order valence-electron chi connectivity index (χ1n) is 8.89. The highest BCUT2D eigenvalue weighted by molar-refractivity contribution is 9.10. The van der Waals surface area contributed by atoms with Crippen LogP contribution in [0.25, 0.3) is 0 Å². The fourth-order valence-corrected chi connectivity index (χ4v) is 4.04. The summed E-state index contributed by atoms with van der Waals surface area (Å²) in [6.45, 7) is 4.17. The summed E-state index contributed by atoms with van der Waals surface area (Å²) in [5.74, 6) is 0.465. The molecule has 2 saturated heterocycles. The van der Waals surface area contributed by atoms with E-state index in [2.05, 4.69) is 22.9 Å². The number of ether oxygens (including phenoxy) is 1. The molecule has 0 aliphatic carbocycles. The van der Waals surface area contributed by atoms with Gasteiger partial charge in [0.1, 0.15) is 6.04 Å². The van der Waals surface area contributed by atoms with Crippen molar-refractivity contribution in [2.45, 2.75) is 38.3 Å². The zero-order valence-corrected chi connectivity index (χ0v) is 16.4. The number of benzene rings is 1. The number of nitrogens with zero attached hydrogens (tertiary/aromatic N) is 2. The summed E-state index contributed by atoms with van der Waals surface area (Å²) < 4.78 is 6.46. The number of halogens is 1. The third kappa shape index (κ3) is 3.90. The van der Waals surface area contributed by atoms with Crippen molar-refractivity contribution < 1.29 is 14.3 Å². The average molecular weight is 409 g/mol. The summed E-state index contributed by atoms with van der Waals surface area (Å²) in [5.41, 5.74) is 0.630. The maximum atomic E-state index is 13.0. The van der Waals surface area contributed by atoms with Crippen LogP contribution in [-0.4, -0.2) is 60.5 Å². The highest BCUT2D eigenvalue weighted by atomic mass is 79.9. The van der Waals surface area contributed by atoms with Crippen LogP contribution in [0.5, 0.6) is 0 Å². The van der Waals surface area contributed by atoms with E-state index in [1.165, 1.54) is 0 Å². The molecule has 2 amide bonds. The Morgan fingerprint density at radius 2 is 1.88 bits per heavy atom. The molecule has 0 aromatic heterocycles. The van der Waals surface area contributed by atoms with Crippen molar-refractivity contribution in [1.82, 2.24) is 9.80 Å². The van der Waals surface area contributed by atoms with Gasteiger partial charge in [-0.15, -0.1) is 0 Å². The van der Waals surface area contributed by atoms with Gasteiger partial charge in [0.05, 0.1) is 6.10 Å². The Bertz CT molecular complexity index is 634. The van der Waals surface area contributed by atoms with E-state index in [-0.39, 0.29) is 24.0 Å². The molecule has 1 aromatic carbocycles. The lowest BCUT2D eigenvalue weighted by Crippen LogP contribution is -2.53. The Morgan fingerprint density at radius 1 is 1.16 bits per heavy atom. The molecule has 3 rings (SSSR count). The molecule has 2 heterocycles. The third-order valence-corrected chi connectivity index (χ3v) is 5.92. The smallest absolute Gasteiger partial charge is 0.254 e. The van der Waals surface area contributed by atoms with E-state index >= 15 is 0 Å². The van der Waals surface area contributed by atoms with Crippen molar-refractivity contribution in [2.75, 3.05) is 26.7 Å². The molecular formula is C19H25BrN2O3. The Hall–Kier alpha value is -1.40. The SMILES string of the molecule is CO[C@@H]1CN(C(=O)[C@H]2CCCN2C(=O)c2ccc(Br)cc2)CC[C@@H]1C. The summed E-state index contributed by atoms with van der Waals surface area (Å²) >= 11 is 3.38. The molecule has 0 saturated carbocycles. The molecule has 2 aliphatic heterocycles. The number of hydrogen-bond donors (Lipinski definition) is 0. The minimum atomic E-state index is -0.345. The molecule has 25 heavy (non-hydrogen) atoms. The van der Waals surface area contributed by atoms with Crippen molar-refractivity contribution in [2.24, 2.45) is 5.92 Å². The fraction of sp³-hybridized carbons (Fsp3) is 0.579. The second-order valence-corrected chi connectivity index (χ2v) is 7.90. The van der Waals surface area contributed by atoms with Crippen LogP contribution in [0.2, 0.25) is 0 Å². The first kappa shape index (κ1) is 18.4. The van der Waals surface area contributed by atoms with E-state index < -0.39 is 0 Å². The van der Waals surface area contributed by atoms with Crippen molar-refractivity contribution in [3.8, 4) is 0 Å². The van der Waals surface area contributed by atoms with E-state index in [4.69, 9.17) is 4.74 Å². The summed E-state index contributed by atoms with van der Waals surface area (Å²) in [7, 11) is 1.70. The Balaban J connectivity index is 1.71. The quantitative estimate of drug-likeness (QED) is 0.772. The van der Waals surface area contributed by atoms with Gasteiger partial charge in [-0.1, -0.05) is 22.9 Å². The number of piperidine rings is 1. The van der Waals surface area contributed by atoms with Crippen molar-refractivity contribution in [3.63, 3.8) is 0 Å². The summed E-state index contributed by atoms with van der Waals surface area (Å²) in [5, 5.41) is 0. The van der Waals surface area contributed by atoms with Crippen molar-refractivity contribution in [3.05, 3.63) is 34.3 Å². The lowest BCUT2D eigenvalue weighted by molar-refractivity contribution is -0.140. The van der Waals surface area contributed by atoms with E-state index in [9.17, 15) is 9.59 Å². The number of methoxy groups -OCH3 is 1. The average Bonchev–Trinajstić information content (AvgIpc) is 3.11. The van der Waals surface area contributed by atoms with Crippen LogP contribution < -0.4 is 0 Å². The van der Waals surface area contributed by atoms with Gasteiger partial charge >= 0.3 is 0 Å². The predicted molar refractivity (Wildman–Crippen MR) is 99.4 cm³/mol. The van der Waals surface area contributed by atoms with Crippen LogP contribution in [0, 0.1) is 5.92 Å². The molecule has 2 fully saturated rings. The van der Waals surface area contributed by atoms with E-state index in [0.717, 1.165) is 30.3 Å². The van der Waals surface area contributed by atoms with Crippen LogP contribution in [0.1, 0.15) is 36.5 Å². The number of likely N-dealkylation sites (tertiary alicyclic amines) is 2. The van der Waals surface area contributed by atoms with Gasteiger partial charge in [-0.2, -0.15) is 0 Å². The lowest BCUT2D eigenvalue weighted by Gasteiger charge is -2.38. The third-order valence-electron chi connectivity index (χ3n) is 5.39. The van der Waals surface area contributed by atoms with Gasteiger partial charge in [-0.05, 0) is 49.4 Å². The highest BCUT2D eigenvalue weighted by Crippen LogP contribution is 2.26. The second kappa shape index (κ2) is 7.87. The van der Waals surface area contributed by atoms with Crippen LogP contribution in [-0.2, 0) is 9.53 Å². The minimum absolute atomic E-state index is 0.0583. The van der Waals surface area contributed by atoms with E-state index in [0.29, 0.717) is 24.6 Å². The van der Waals surface area contributed by atoms with Crippen molar-refractivity contribution in [1.29, 1.82) is 0 Å². The van der Waals surface area contributed by atoms with Gasteiger partial charge in [-0.25, -0.2) is 0 Å². The normalized spacial score (nSPS) is 26.8. The molecule has 0 unspecified atom stereocenters. The second-order valence-electron chi connectivity index (χ2n) is 6.99. The molecule has 0 radical (unpaired) electrons. The molecule has 1 aromatic rings. The Kier molecular flexibility index (Phi) is 5.79. The Morgan fingerprint density at radius 3 is 2.56 bits per heavy atom. The summed E-state index contributed by atoms with van der Waals surface area (Å²) in [4.78, 5) is 29.5.